The summed E-state index contributed by atoms with van der Waals surface area (Å²) in [6.45, 7) is 6.72. The average molecular weight is 160 g/mol. The molecule has 1 aromatic heterocycles. The zero-order valence-corrected chi connectivity index (χ0v) is 6.13. The monoisotopic (exact) mass is 160 g/mol. The molecule has 0 aliphatic heterocycles. The van der Waals surface area contributed by atoms with Gasteiger partial charge in [-0.2, -0.15) is 0 Å². The topological polar surface area (TPSA) is 20.1 Å². The molecule has 2 aromatic rings. The molecule has 0 bridgehead atoms. The minimum Gasteiger partial charge on any atom is -0.359 e. The molecule has 58 valence electrons. The molecule has 12 heavy (non-hydrogen) atoms. The van der Waals surface area contributed by atoms with Gasteiger partial charge in [-0.05, 0) is 23.6 Å². The first-order valence-electron chi connectivity index (χ1n) is 3.45. The summed E-state index contributed by atoms with van der Waals surface area (Å²) in [6.07, 6.45) is 1.65. The Morgan fingerprint density at radius 2 is 2.25 bits per heavy atom. The Morgan fingerprint density at radius 1 is 1.42 bits per heavy atom. The molecule has 1 aromatic carbocycles. The van der Waals surface area contributed by atoms with E-state index < -0.39 is 0 Å². The lowest BCUT2D eigenvalue weighted by Crippen LogP contribution is -1.75. The van der Waals surface area contributed by atoms with Crippen LogP contribution in [0.3, 0.4) is 0 Å². The SMILES string of the molecule is [C-]#[N+]c1cc(F)c2[nH]ccc2c1. The van der Waals surface area contributed by atoms with E-state index in [1.807, 2.05) is 0 Å². The molecule has 2 rings (SSSR count). The summed E-state index contributed by atoms with van der Waals surface area (Å²) in [7, 11) is 0. The summed E-state index contributed by atoms with van der Waals surface area (Å²) in [5.74, 6) is -0.372. The first-order chi connectivity index (χ1) is 5.81. The molecule has 0 amide bonds. The highest BCUT2D eigenvalue weighted by Gasteiger charge is 2.03. The third kappa shape index (κ3) is 0.857. The second kappa shape index (κ2) is 2.35. The van der Waals surface area contributed by atoms with Crippen molar-refractivity contribution in [2.75, 3.05) is 0 Å². The fourth-order valence-corrected chi connectivity index (χ4v) is 1.18. The predicted molar refractivity (Wildman–Crippen MR) is 44.5 cm³/mol. The number of benzene rings is 1. The maximum absolute atomic E-state index is 13.1. The highest BCUT2D eigenvalue weighted by molar-refractivity contribution is 5.83. The normalized spacial score (nSPS) is 10.0. The lowest BCUT2D eigenvalue weighted by atomic mass is 10.2. The Bertz CT molecular complexity index is 465. The second-order valence-electron chi connectivity index (χ2n) is 2.48. The van der Waals surface area contributed by atoms with Gasteiger partial charge in [0.1, 0.15) is 5.82 Å². The van der Waals surface area contributed by atoms with Crippen LogP contribution >= 0.6 is 0 Å². The minimum absolute atomic E-state index is 0.333. The Kier molecular flexibility index (Phi) is 1.34. The molecule has 0 spiro atoms. The summed E-state index contributed by atoms with van der Waals surface area (Å²) < 4.78 is 13.1. The zero-order chi connectivity index (χ0) is 8.55. The van der Waals surface area contributed by atoms with Crippen molar-refractivity contribution in [2.24, 2.45) is 0 Å². The number of nitrogens with one attached hydrogen (secondary N) is 1. The number of aromatic nitrogens is 1. The van der Waals surface area contributed by atoms with E-state index in [2.05, 4.69) is 9.83 Å². The van der Waals surface area contributed by atoms with Crippen molar-refractivity contribution in [3.8, 4) is 0 Å². The second-order valence-corrected chi connectivity index (χ2v) is 2.48. The molecular weight excluding hydrogens is 155 g/mol. The van der Waals surface area contributed by atoms with Gasteiger partial charge in [-0.15, -0.1) is 0 Å². The van der Waals surface area contributed by atoms with E-state index >= 15 is 0 Å². The van der Waals surface area contributed by atoms with Crippen LogP contribution in [0.5, 0.6) is 0 Å². The number of H-pyrrole nitrogens is 1. The third-order valence-electron chi connectivity index (χ3n) is 1.73. The molecule has 0 fully saturated rings. The van der Waals surface area contributed by atoms with Crippen molar-refractivity contribution in [1.82, 2.24) is 4.98 Å². The van der Waals surface area contributed by atoms with E-state index in [-0.39, 0.29) is 5.82 Å². The highest BCUT2D eigenvalue weighted by atomic mass is 19.1. The number of nitrogens with zero attached hydrogens (tertiary/aromatic N) is 1. The van der Waals surface area contributed by atoms with Gasteiger partial charge in [-0.25, -0.2) is 9.24 Å². The first kappa shape index (κ1) is 6.86. The van der Waals surface area contributed by atoms with Gasteiger partial charge in [-0.3, -0.25) is 0 Å². The van der Waals surface area contributed by atoms with Gasteiger partial charge in [0.05, 0.1) is 12.1 Å². The van der Waals surface area contributed by atoms with Gasteiger partial charge < -0.3 is 4.98 Å². The average Bonchev–Trinajstić information content (AvgIpc) is 2.52. The number of aromatic amines is 1. The van der Waals surface area contributed by atoms with Gasteiger partial charge in [0.25, 0.3) is 0 Å². The standard InChI is InChI=1S/C9H5FN2/c1-11-7-4-6-2-3-12-9(6)8(10)5-7/h2-5,12H. The Hall–Kier alpha value is -1.82. The molecule has 0 saturated carbocycles. The molecular formula is C9H5FN2. The summed E-state index contributed by atoms with van der Waals surface area (Å²) in [5.41, 5.74) is 0.794. The quantitative estimate of drug-likeness (QED) is 0.572. The van der Waals surface area contributed by atoms with Crippen molar-refractivity contribution in [3.63, 3.8) is 0 Å². The predicted octanol–water partition coefficient (Wildman–Crippen LogP) is 2.86. The van der Waals surface area contributed by atoms with Gasteiger partial charge in [0.15, 0.2) is 5.69 Å². The van der Waals surface area contributed by atoms with Crippen LogP contribution in [-0.2, 0) is 0 Å². The number of rotatable bonds is 0. The smallest absolute Gasteiger partial charge is 0.190 e. The summed E-state index contributed by atoms with van der Waals surface area (Å²) in [6, 6.07) is 4.63. The Labute approximate surface area is 68.5 Å². The van der Waals surface area contributed by atoms with Crippen LogP contribution in [0.4, 0.5) is 10.1 Å². The molecule has 0 atom stereocenters. The van der Waals surface area contributed by atoms with E-state index in [4.69, 9.17) is 6.57 Å². The number of hydrogen-bond donors (Lipinski definition) is 1. The lowest BCUT2D eigenvalue weighted by molar-refractivity contribution is 0.638. The third-order valence-corrected chi connectivity index (χ3v) is 1.73. The van der Waals surface area contributed by atoms with E-state index in [1.165, 1.54) is 6.07 Å². The van der Waals surface area contributed by atoms with Crippen LogP contribution in [0.15, 0.2) is 24.4 Å². The highest BCUT2D eigenvalue weighted by Crippen LogP contribution is 2.23. The molecule has 2 nitrogen and oxygen atoms in total. The minimum atomic E-state index is -0.372. The number of halogens is 1. The molecule has 0 saturated heterocycles. The Balaban J connectivity index is 2.86. The zero-order valence-electron chi connectivity index (χ0n) is 6.13. The molecule has 1 N–H and O–H groups in total. The number of fused-ring (bicyclic) bond motifs is 1. The van der Waals surface area contributed by atoms with Crippen LogP contribution < -0.4 is 0 Å². The van der Waals surface area contributed by atoms with E-state index in [9.17, 15) is 4.39 Å². The van der Waals surface area contributed by atoms with Crippen molar-refractivity contribution in [3.05, 3.63) is 41.6 Å². The van der Waals surface area contributed by atoms with E-state index in [0.717, 1.165) is 5.39 Å². The maximum atomic E-state index is 13.1. The Morgan fingerprint density at radius 3 is 3.00 bits per heavy atom. The molecule has 3 heteroatoms. The van der Waals surface area contributed by atoms with Crippen LogP contribution in [0, 0.1) is 12.4 Å². The fourth-order valence-electron chi connectivity index (χ4n) is 1.18. The molecule has 0 aliphatic rings. The van der Waals surface area contributed by atoms with Crippen LogP contribution in [0.25, 0.3) is 15.7 Å². The van der Waals surface area contributed by atoms with Crippen molar-refractivity contribution in [2.45, 2.75) is 0 Å². The summed E-state index contributed by atoms with van der Waals surface area (Å²) >= 11 is 0. The van der Waals surface area contributed by atoms with Crippen LogP contribution in [-0.4, -0.2) is 4.98 Å². The molecule has 0 aliphatic carbocycles. The molecule has 0 unspecified atom stereocenters. The largest absolute Gasteiger partial charge is 0.359 e. The summed E-state index contributed by atoms with van der Waals surface area (Å²) in [4.78, 5) is 5.92. The fraction of sp³-hybridized carbons (Fsp3) is 0. The molecule has 0 radical (unpaired) electrons. The van der Waals surface area contributed by atoms with Gasteiger partial charge >= 0.3 is 0 Å². The van der Waals surface area contributed by atoms with Crippen LogP contribution in [0.2, 0.25) is 0 Å². The van der Waals surface area contributed by atoms with Crippen LogP contribution in [0.1, 0.15) is 0 Å². The maximum Gasteiger partial charge on any atom is 0.190 e. The molecule has 1 heterocycles. The van der Waals surface area contributed by atoms with Crippen molar-refractivity contribution >= 4 is 16.6 Å². The van der Waals surface area contributed by atoms with E-state index in [0.29, 0.717) is 11.2 Å². The van der Waals surface area contributed by atoms with Gasteiger partial charge in [0, 0.05) is 6.20 Å². The lowest BCUT2D eigenvalue weighted by Gasteiger charge is -1.93. The van der Waals surface area contributed by atoms with Crippen molar-refractivity contribution < 1.29 is 4.39 Å². The number of hydrogen-bond acceptors (Lipinski definition) is 0. The van der Waals surface area contributed by atoms with Gasteiger partial charge in [-0.1, -0.05) is 0 Å². The van der Waals surface area contributed by atoms with E-state index in [1.54, 1.807) is 18.3 Å². The van der Waals surface area contributed by atoms with Gasteiger partial charge in [0.2, 0.25) is 0 Å². The first-order valence-corrected chi connectivity index (χ1v) is 3.45. The van der Waals surface area contributed by atoms with Crippen molar-refractivity contribution in [1.29, 1.82) is 0 Å². The summed E-state index contributed by atoms with van der Waals surface area (Å²) in [5, 5.41) is 0.737.